The van der Waals surface area contributed by atoms with Crippen molar-refractivity contribution in [1.29, 1.82) is 0 Å². The van der Waals surface area contributed by atoms with Crippen molar-refractivity contribution in [3.8, 4) is 0 Å². The Morgan fingerprint density at radius 2 is 0.595 bits per heavy atom. The Morgan fingerprint density at radius 3 is 0.919 bits per heavy atom. The zero-order chi connectivity index (χ0) is 25.0. The first-order valence-corrected chi connectivity index (χ1v) is 13.0. The van der Waals surface area contributed by atoms with E-state index in [0.717, 1.165) is 0 Å². The van der Waals surface area contributed by atoms with Gasteiger partial charge in [-0.25, -0.2) is 0 Å². The van der Waals surface area contributed by atoms with Gasteiger partial charge >= 0.3 is 0 Å². The molecule has 5 aromatic rings. The predicted molar refractivity (Wildman–Crippen MR) is 153 cm³/mol. The van der Waals surface area contributed by atoms with E-state index >= 15 is 0 Å². The van der Waals surface area contributed by atoms with Gasteiger partial charge < -0.3 is 0 Å². The summed E-state index contributed by atoms with van der Waals surface area (Å²) < 4.78 is 0. The van der Waals surface area contributed by atoms with Crippen molar-refractivity contribution in [2.24, 2.45) is 0 Å². The quantitative estimate of drug-likeness (QED) is 0.231. The molecular weight excluding hydrogens is 444 g/mol. The van der Waals surface area contributed by atoms with Crippen LogP contribution in [0.3, 0.4) is 0 Å². The van der Waals surface area contributed by atoms with E-state index in [1.807, 2.05) is 0 Å². The van der Waals surface area contributed by atoms with Gasteiger partial charge in [0.05, 0.1) is 0 Å². The molecule has 0 heterocycles. The van der Waals surface area contributed by atoms with Crippen LogP contribution in [0.4, 0.5) is 0 Å². The maximum Gasteiger partial charge on any atom is 0.0295 e. The molecule has 5 aromatic carbocycles. The Hall–Kier alpha value is -3.90. The van der Waals surface area contributed by atoms with Crippen molar-refractivity contribution in [3.63, 3.8) is 0 Å². The smallest absolute Gasteiger partial charge is 0.0295 e. The lowest BCUT2D eigenvalue weighted by Crippen LogP contribution is -2.20. The van der Waals surface area contributed by atoms with Crippen LogP contribution in [0.1, 0.15) is 40.7 Å². The van der Waals surface area contributed by atoms with Gasteiger partial charge in [0.15, 0.2) is 0 Å². The van der Waals surface area contributed by atoms with Gasteiger partial charge in [-0.1, -0.05) is 159 Å². The third kappa shape index (κ3) is 4.53. The first kappa shape index (κ1) is 23.5. The Kier molecular flexibility index (Phi) is 6.74. The van der Waals surface area contributed by atoms with Gasteiger partial charge in [-0.3, -0.25) is 0 Å². The topological polar surface area (TPSA) is 0 Å². The maximum atomic E-state index is 2.35. The van der Waals surface area contributed by atoms with Crippen molar-refractivity contribution < 1.29 is 0 Å². The van der Waals surface area contributed by atoms with Crippen molar-refractivity contribution in [1.82, 2.24) is 0 Å². The van der Waals surface area contributed by atoms with E-state index in [4.69, 9.17) is 0 Å². The molecule has 6 rings (SSSR count). The Labute approximate surface area is 221 Å². The van der Waals surface area contributed by atoms with Gasteiger partial charge in [-0.2, -0.15) is 0 Å². The summed E-state index contributed by atoms with van der Waals surface area (Å²) in [6, 6.07) is 54.5. The van der Waals surface area contributed by atoms with Gasteiger partial charge in [-0.05, 0) is 33.7 Å². The Morgan fingerprint density at radius 1 is 0.324 bits per heavy atom. The number of rotatable bonds is 6. The summed E-state index contributed by atoms with van der Waals surface area (Å²) in [5.41, 5.74) is 6.30. The molecule has 1 aliphatic rings. The van der Waals surface area contributed by atoms with Crippen LogP contribution in [-0.2, 0) is 0 Å². The van der Waals surface area contributed by atoms with Crippen molar-refractivity contribution in [3.05, 3.63) is 209 Å². The minimum atomic E-state index is 0.200. The molecule has 0 N–H and O–H groups in total. The molecule has 0 amide bonds. The monoisotopic (exact) mass is 473 g/mol. The summed E-state index contributed by atoms with van der Waals surface area (Å²) in [5.74, 6) is 6.82. The normalized spacial score (nSPS) is 16.7. The third-order valence-electron chi connectivity index (χ3n) is 7.27. The molecule has 0 saturated heterocycles. The SMILES string of the molecule is C[C@@H]([C]1[C](c2ccccc2)[C](c2ccccc2)[C](c2ccccc2)[C]1c1ccccc1)c1ccccc1. The van der Waals surface area contributed by atoms with Gasteiger partial charge in [-0.15, -0.1) is 0 Å². The molecule has 0 unspecified atom stereocenters. The summed E-state index contributed by atoms with van der Waals surface area (Å²) in [7, 11) is 0. The highest BCUT2D eigenvalue weighted by Crippen LogP contribution is 2.65. The van der Waals surface area contributed by atoms with E-state index in [2.05, 4.69) is 159 Å². The highest BCUT2D eigenvalue weighted by atomic mass is 14.6. The average Bonchev–Trinajstić information content (AvgIpc) is 3.35. The molecule has 1 atom stereocenters. The van der Waals surface area contributed by atoms with E-state index in [-0.39, 0.29) is 5.92 Å². The Bertz CT molecular complexity index is 1290. The molecule has 177 valence electrons. The molecule has 0 spiro atoms. The summed E-state index contributed by atoms with van der Waals surface area (Å²) >= 11 is 0. The number of hydrogen-bond acceptors (Lipinski definition) is 0. The van der Waals surface area contributed by atoms with Crippen molar-refractivity contribution in [2.75, 3.05) is 0 Å². The van der Waals surface area contributed by atoms with Crippen molar-refractivity contribution >= 4 is 0 Å². The minimum Gasteiger partial charge on any atom is -0.0622 e. The minimum absolute atomic E-state index is 0.200. The molecule has 0 heteroatoms. The summed E-state index contributed by atoms with van der Waals surface area (Å²) in [4.78, 5) is 0. The number of benzene rings is 5. The van der Waals surface area contributed by atoms with Gasteiger partial charge in [0.2, 0.25) is 0 Å². The van der Waals surface area contributed by atoms with Gasteiger partial charge in [0.25, 0.3) is 0 Å². The van der Waals surface area contributed by atoms with Gasteiger partial charge in [0, 0.05) is 29.6 Å². The maximum absolute atomic E-state index is 2.35. The molecule has 0 bridgehead atoms. The zero-order valence-corrected chi connectivity index (χ0v) is 21.0. The van der Waals surface area contributed by atoms with Crippen LogP contribution in [-0.4, -0.2) is 0 Å². The number of hydrogen-bond donors (Lipinski definition) is 0. The molecular formula is C37H29. The van der Waals surface area contributed by atoms with E-state index < -0.39 is 0 Å². The van der Waals surface area contributed by atoms with E-state index in [0.29, 0.717) is 0 Å². The van der Waals surface area contributed by atoms with E-state index in [1.54, 1.807) is 0 Å². The highest BCUT2D eigenvalue weighted by molar-refractivity contribution is 5.82. The fourth-order valence-electron chi connectivity index (χ4n) is 5.58. The summed E-state index contributed by atoms with van der Waals surface area (Å²) in [6.07, 6.45) is 0. The fraction of sp³-hybridized carbons (Fsp3) is 0.0541. The van der Waals surface area contributed by atoms with Crippen LogP contribution >= 0.6 is 0 Å². The lowest BCUT2D eigenvalue weighted by molar-refractivity contribution is 0.767. The van der Waals surface area contributed by atoms with Crippen molar-refractivity contribution in [2.45, 2.75) is 12.8 Å². The zero-order valence-electron chi connectivity index (χ0n) is 21.0. The molecule has 1 fully saturated rings. The second-order valence-electron chi connectivity index (χ2n) is 9.51. The van der Waals surface area contributed by atoms with Gasteiger partial charge in [0.1, 0.15) is 0 Å². The molecule has 5 radical (unpaired) electrons. The molecule has 1 saturated carbocycles. The lowest BCUT2D eigenvalue weighted by Gasteiger charge is -2.31. The molecule has 0 aliphatic heterocycles. The predicted octanol–water partition coefficient (Wildman–Crippen LogP) is 8.87. The summed E-state index contributed by atoms with van der Waals surface area (Å²) in [6.45, 7) is 2.35. The fourth-order valence-corrected chi connectivity index (χ4v) is 5.58. The van der Waals surface area contributed by atoms with Crippen LogP contribution in [0.5, 0.6) is 0 Å². The first-order valence-electron chi connectivity index (χ1n) is 13.0. The van der Waals surface area contributed by atoms with Crippen LogP contribution in [0.15, 0.2) is 152 Å². The second-order valence-corrected chi connectivity index (χ2v) is 9.51. The van der Waals surface area contributed by atoms with Crippen LogP contribution in [0.2, 0.25) is 0 Å². The summed E-state index contributed by atoms with van der Waals surface area (Å²) in [5, 5.41) is 0. The molecule has 0 aromatic heterocycles. The second kappa shape index (κ2) is 10.6. The van der Waals surface area contributed by atoms with Crippen LogP contribution in [0.25, 0.3) is 0 Å². The third-order valence-corrected chi connectivity index (χ3v) is 7.27. The molecule has 1 aliphatic carbocycles. The van der Waals surface area contributed by atoms with E-state index in [1.165, 1.54) is 57.4 Å². The standard InChI is InChI=1S/C37H29/c1-27(28-17-7-2-8-18-28)33-34(29-19-9-3-10-20-29)36(31-23-13-5-14-24-31)37(32-25-15-6-16-26-32)35(33)30-21-11-4-12-22-30/h2-27H,1H3/t27-/m1/s1. The van der Waals surface area contributed by atoms with E-state index in [9.17, 15) is 0 Å². The molecule has 37 heavy (non-hydrogen) atoms. The van der Waals surface area contributed by atoms with Crippen LogP contribution in [0, 0.1) is 29.6 Å². The first-order chi connectivity index (χ1) is 18.3. The van der Waals surface area contributed by atoms with Crippen LogP contribution < -0.4 is 0 Å². The lowest BCUT2D eigenvalue weighted by atomic mass is 9.70. The Balaban J connectivity index is 1.64. The molecule has 0 nitrogen and oxygen atoms in total. The largest absolute Gasteiger partial charge is 0.0622 e. The highest BCUT2D eigenvalue weighted by Gasteiger charge is 2.56. The average molecular weight is 474 g/mol.